The molecule has 0 unspecified atom stereocenters. The largest absolute Gasteiger partial charge is 0.377 e. The standard InChI is InChI=1S/C13H19N3O2/c1-9-3-2-4-12(16(17)18)13(9)15-11-7-5-10(14)6-8-11/h2-4,10-11,15H,5-8,14H2,1H3. The van der Waals surface area contributed by atoms with E-state index in [0.717, 1.165) is 31.2 Å². The molecule has 1 aliphatic carbocycles. The second-order valence-electron chi connectivity index (χ2n) is 4.98. The minimum atomic E-state index is -0.329. The van der Waals surface area contributed by atoms with Crippen LogP contribution in [0.1, 0.15) is 31.2 Å². The van der Waals surface area contributed by atoms with Gasteiger partial charge in [0, 0.05) is 18.2 Å². The van der Waals surface area contributed by atoms with Gasteiger partial charge in [0.2, 0.25) is 0 Å². The number of nitrogens with zero attached hydrogens (tertiary/aromatic N) is 1. The van der Waals surface area contributed by atoms with Crippen molar-refractivity contribution in [1.29, 1.82) is 0 Å². The highest BCUT2D eigenvalue weighted by molar-refractivity contribution is 5.66. The Labute approximate surface area is 107 Å². The summed E-state index contributed by atoms with van der Waals surface area (Å²) in [4.78, 5) is 10.7. The molecule has 0 spiro atoms. The molecule has 1 saturated carbocycles. The molecule has 5 heteroatoms. The number of nitrogens with one attached hydrogen (secondary N) is 1. The van der Waals surface area contributed by atoms with Crippen molar-refractivity contribution in [1.82, 2.24) is 0 Å². The summed E-state index contributed by atoms with van der Waals surface area (Å²) in [5.41, 5.74) is 7.59. The normalized spacial score (nSPS) is 23.7. The molecule has 0 saturated heterocycles. The highest BCUT2D eigenvalue weighted by atomic mass is 16.6. The SMILES string of the molecule is Cc1cccc([N+](=O)[O-])c1NC1CCC(N)CC1. The quantitative estimate of drug-likeness (QED) is 0.637. The van der Waals surface area contributed by atoms with Crippen molar-refractivity contribution in [2.24, 2.45) is 5.73 Å². The van der Waals surface area contributed by atoms with Crippen LogP contribution in [0.5, 0.6) is 0 Å². The summed E-state index contributed by atoms with van der Waals surface area (Å²) in [5, 5.41) is 14.3. The smallest absolute Gasteiger partial charge is 0.292 e. The van der Waals surface area contributed by atoms with Crippen LogP contribution in [0.3, 0.4) is 0 Å². The molecular formula is C13H19N3O2. The molecule has 0 aliphatic heterocycles. The molecule has 1 aromatic rings. The number of aryl methyl sites for hydroxylation is 1. The summed E-state index contributed by atoms with van der Waals surface area (Å²) in [6, 6.07) is 5.74. The molecule has 98 valence electrons. The van der Waals surface area contributed by atoms with E-state index in [-0.39, 0.29) is 16.7 Å². The molecule has 0 aromatic heterocycles. The number of anilines is 1. The van der Waals surface area contributed by atoms with Gasteiger partial charge < -0.3 is 11.1 Å². The van der Waals surface area contributed by atoms with Gasteiger partial charge in [-0.3, -0.25) is 10.1 Å². The Kier molecular flexibility index (Phi) is 3.81. The highest BCUT2D eigenvalue weighted by Gasteiger charge is 2.22. The Hall–Kier alpha value is -1.62. The van der Waals surface area contributed by atoms with Gasteiger partial charge in [-0.05, 0) is 38.2 Å². The van der Waals surface area contributed by atoms with Crippen LogP contribution in [-0.4, -0.2) is 17.0 Å². The van der Waals surface area contributed by atoms with E-state index in [1.807, 2.05) is 13.0 Å². The van der Waals surface area contributed by atoms with Crippen LogP contribution in [0.2, 0.25) is 0 Å². The molecular weight excluding hydrogens is 230 g/mol. The van der Waals surface area contributed by atoms with Crippen LogP contribution in [0.25, 0.3) is 0 Å². The lowest BCUT2D eigenvalue weighted by molar-refractivity contribution is -0.384. The summed E-state index contributed by atoms with van der Waals surface area (Å²) in [6.45, 7) is 1.89. The van der Waals surface area contributed by atoms with Gasteiger partial charge in [0.25, 0.3) is 5.69 Å². The zero-order chi connectivity index (χ0) is 13.1. The number of rotatable bonds is 3. The molecule has 5 nitrogen and oxygen atoms in total. The first-order chi connectivity index (χ1) is 8.58. The summed E-state index contributed by atoms with van der Waals surface area (Å²) in [5.74, 6) is 0. The predicted octanol–water partition coefficient (Wildman–Crippen LogP) is 2.59. The molecule has 3 N–H and O–H groups in total. The van der Waals surface area contributed by atoms with Crippen LogP contribution in [0, 0.1) is 17.0 Å². The van der Waals surface area contributed by atoms with Crippen LogP contribution in [0.15, 0.2) is 18.2 Å². The van der Waals surface area contributed by atoms with Gasteiger partial charge in [-0.15, -0.1) is 0 Å². The van der Waals surface area contributed by atoms with Crippen molar-refractivity contribution < 1.29 is 4.92 Å². The maximum atomic E-state index is 11.0. The molecule has 0 bridgehead atoms. The fourth-order valence-corrected chi connectivity index (χ4v) is 2.46. The van der Waals surface area contributed by atoms with E-state index in [0.29, 0.717) is 11.7 Å². The maximum Gasteiger partial charge on any atom is 0.292 e. The molecule has 0 radical (unpaired) electrons. The van der Waals surface area contributed by atoms with Crippen molar-refractivity contribution in [3.8, 4) is 0 Å². The molecule has 18 heavy (non-hydrogen) atoms. The van der Waals surface area contributed by atoms with Crippen molar-refractivity contribution >= 4 is 11.4 Å². The Morgan fingerprint density at radius 2 is 2.00 bits per heavy atom. The first-order valence-corrected chi connectivity index (χ1v) is 6.34. The summed E-state index contributed by atoms with van der Waals surface area (Å²) in [6.07, 6.45) is 3.92. The monoisotopic (exact) mass is 249 g/mol. The first-order valence-electron chi connectivity index (χ1n) is 6.34. The number of benzene rings is 1. The lowest BCUT2D eigenvalue weighted by atomic mass is 9.91. The number of nitrogens with two attached hydrogens (primary N) is 1. The van der Waals surface area contributed by atoms with E-state index >= 15 is 0 Å². The van der Waals surface area contributed by atoms with Crippen molar-refractivity contribution in [2.75, 3.05) is 5.32 Å². The Morgan fingerprint density at radius 3 is 2.61 bits per heavy atom. The van der Waals surface area contributed by atoms with Crippen LogP contribution in [0.4, 0.5) is 11.4 Å². The average molecular weight is 249 g/mol. The van der Waals surface area contributed by atoms with Crippen molar-refractivity contribution in [3.63, 3.8) is 0 Å². The zero-order valence-electron chi connectivity index (χ0n) is 10.6. The van der Waals surface area contributed by atoms with E-state index < -0.39 is 0 Å². The topological polar surface area (TPSA) is 81.2 Å². The van der Waals surface area contributed by atoms with Gasteiger partial charge in [0.05, 0.1) is 4.92 Å². The van der Waals surface area contributed by atoms with E-state index in [4.69, 9.17) is 5.73 Å². The maximum absolute atomic E-state index is 11.0. The Morgan fingerprint density at radius 1 is 1.33 bits per heavy atom. The van der Waals surface area contributed by atoms with Gasteiger partial charge in [-0.1, -0.05) is 12.1 Å². The zero-order valence-corrected chi connectivity index (χ0v) is 10.6. The third kappa shape index (κ3) is 2.79. The van der Waals surface area contributed by atoms with Gasteiger partial charge in [-0.2, -0.15) is 0 Å². The summed E-state index contributed by atoms with van der Waals surface area (Å²) >= 11 is 0. The molecule has 0 atom stereocenters. The number of nitro groups is 1. The molecule has 1 aliphatic rings. The highest BCUT2D eigenvalue weighted by Crippen LogP contribution is 2.30. The number of para-hydroxylation sites is 1. The summed E-state index contributed by atoms with van der Waals surface area (Å²) in [7, 11) is 0. The van der Waals surface area contributed by atoms with E-state index in [1.54, 1.807) is 12.1 Å². The van der Waals surface area contributed by atoms with E-state index in [2.05, 4.69) is 5.32 Å². The Balaban J connectivity index is 2.15. The molecule has 1 aromatic carbocycles. The van der Waals surface area contributed by atoms with Crippen LogP contribution >= 0.6 is 0 Å². The molecule has 2 rings (SSSR count). The number of hydrogen-bond acceptors (Lipinski definition) is 4. The minimum Gasteiger partial charge on any atom is -0.377 e. The van der Waals surface area contributed by atoms with Gasteiger partial charge >= 0.3 is 0 Å². The number of nitro benzene ring substituents is 1. The first kappa shape index (κ1) is 12.8. The lowest BCUT2D eigenvalue weighted by Gasteiger charge is -2.28. The average Bonchev–Trinajstić information content (AvgIpc) is 2.34. The van der Waals surface area contributed by atoms with Crippen molar-refractivity contribution in [2.45, 2.75) is 44.7 Å². The van der Waals surface area contributed by atoms with E-state index in [1.165, 1.54) is 0 Å². The Bertz CT molecular complexity index is 440. The second kappa shape index (κ2) is 5.35. The molecule has 0 amide bonds. The number of hydrogen-bond donors (Lipinski definition) is 2. The van der Waals surface area contributed by atoms with Gasteiger partial charge in [-0.25, -0.2) is 0 Å². The third-order valence-electron chi connectivity index (χ3n) is 3.57. The lowest BCUT2D eigenvalue weighted by Crippen LogP contribution is -2.33. The molecule has 1 fully saturated rings. The summed E-state index contributed by atoms with van der Waals surface area (Å²) < 4.78 is 0. The second-order valence-corrected chi connectivity index (χ2v) is 4.98. The van der Waals surface area contributed by atoms with Crippen molar-refractivity contribution in [3.05, 3.63) is 33.9 Å². The fraction of sp³-hybridized carbons (Fsp3) is 0.538. The van der Waals surface area contributed by atoms with Crippen LogP contribution in [-0.2, 0) is 0 Å². The third-order valence-corrected chi connectivity index (χ3v) is 3.57. The van der Waals surface area contributed by atoms with Crippen LogP contribution < -0.4 is 11.1 Å². The molecule has 0 heterocycles. The minimum absolute atomic E-state index is 0.157. The van der Waals surface area contributed by atoms with Gasteiger partial charge in [0.1, 0.15) is 5.69 Å². The van der Waals surface area contributed by atoms with Gasteiger partial charge in [0.15, 0.2) is 0 Å². The van der Waals surface area contributed by atoms with E-state index in [9.17, 15) is 10.1 Å². The fourth-order valence-electron chi connectivity index (χ4n) is 2.46. The predicted molar refractivity (Wildman–Crippen MR) is 71.7 cm³/mol.